The number of hydrogen-bond acceptors (Lipinski definition) is 5. The quantitative estimate of drug-likeness (QED) is 0.231. The lowest BCUT2D eigenvalue weighted by atomic mass is 10.0. The van der Waals surface area contributed by atoms with Crippen LogP contribution in [-0.2, 0) is 11.2 Å². The second-order valence-electron chi connectivity index (χ2n) is 8.95. The lowest BCUT2D eigenvalue weighted by Crippen LogP contribution is -2.14. The third kappa shape index (κ3) is 5.49. The van der Waals surface area contributed by atoms with Crippen LogP contribution in [-0.4, -0.2) is 25.5 Å². The maximum absolute atomic E-state index is 12.8. The average molecular weight is 531 g/mol. The summed E-state index contributed by atoms with van der Waals surface area (Å²) in [6.45, 7) is 0. The predicted molar refractivity (Wildman–Crippen MR) is 155 cm³/mol. The monoisotopic (exact) mass is 530 g/mol. The molecule has 8 heteroatoms. The lowest BCUT2D eigenvalue weighted by molar-refractivity contribution is -0.115. The van der Waals surface area contributed by atoms with Crippen LogP contribution in [0.5, 0.6) is 0 Å². The molecule has 0 fully saturated rings. The summed E-state index contributed by atoms with van der Waals surface area (Å²) < 4.78 is 1.83. The minimum Gasteiger partial charge on any atom is -0.326 e. The molecule has 0 radical (unpaired) electrons. The van der Waals surface area contributed by atoms with E-state index >= 15 is 0 Å². The first-order valence-electron chi connectivity index (χ1n) is 12.4. The smallest absolute Gasteiger partial charge is 0.228 e. The van der Waals surface area contributed by atoms with Crippen molar-refractivity contribution >= 4 is 40.3 Å². The minimum atomic E-state index is -0.128. The number of fused-ring (bicyclic) bond motifs is 1. The van der Waals surface area contributed by atoms with E-state index < -0.39 is 0 Å². The van der Waals surface area contributed by atoms with Crippen LogP contribution in [0.1, 0.15) is 5.56 Å². The van der Waals surface area contributed by atoms with Gasteiger partial charge in [-0.15, -0.1) is 0 Å². The number of benzene rings is 3. The van der Waals surface area contributed by atoms with Crippen molar-refractivity contribution in [3.05, 3.63) is 126 Å². The van der Waals surface area contributed by atoms with Gasteiger partial charge in [0.25, 0.3) is 0 Å². The van der Waals surface area contributed by atoms with Crippen molar-refractivity contribution in [2.45, 2.75) is 6.42 Å². The van der Waals surface area contributed by atoms with E-state index in [0.29, 0.717) is 16.7 Å². The fraction of sp³-hybridized carbons (Fsp3) is 0.0323. The van der Waals surface area contributed by atoms with Crippen LogP contribution in [0.15, 0.2) is 116 Å². The number of anilines is 3. The van der Waals surface area contributed by atoms with E-state index in [9.17, 15) is 4.79 Å². The molecule has 0 unspecified atom stereocenters. The van der Waals surface area contributed by atoms with Gasteiger partial charge in [0.1, 0.15) is 5.69 Å². The molecular weight excluding hydrogens is 508 g/mol. The van der Waals surface area contributed by atoms with Gasteiger partial charge in [-0.25, -0.2) is 14.5 Å². The molecule has 39 heavy (non-hydrogen) atoms. The van der Waals surface area contributed by atoms with Gasteiger partial charge in [-0.2, -0.15) is 5.10 Å². The van der Waals surface area contributed by atoms with Gasteiger partial charge >= 0.3 is 0 Å². The normalized spacial score (nSPS) is 10.9. The number of hydrogen-bond donors (Lipinski definition) is 2. The van der Waals surface area contributed by atoms with Gasteiger partial charge in [0.15, 0.2) is 0 Å². The van der Waals surface area contributed by atoms with E-state index in [2.05, 4.69) is 15.6 Å². The Morgan fingerprint density at radius 1 is 0.846 bits per heavy atom. The highest BCUT2D eigenvalue weighted by atomic mass is 35.5. The number of carbonyl (C=O) groups excluding carboxylic acids is 1. The molecule has 6 rings (SSSR count). The molecule has 0 spiro atoms. The van der Waals surface area contributed by atoms with Crippen molar-refractivity contribution in [2.75, 3.05) is 10.6 Å². The highest BCUT2D eigenvalue weighted by Gasteiger charge is 2.18. The fourth-order valence-corrected chi connectivity index (χ4v) is 4.66. The SMILES string of the molecule is O=C(Cc1cccc(Cl)c1)Nc1cccc(-c2nn3ccccc3c2-c2ccnc(Nc3ccccc3)n2)c1. The van der Waals surface area contributed by atoms with Crippen molar-refractivity contribution in [1.82, 2.24) is 19.6 Å². The van der Waals surface area contributed by atoms with Crippen LogP contribution in [0.25, 0.3) is 28.0 Å². The maximum Gasteiger partial charge on any atom is 0.228 e. The zero-order chi connectivity index (χ0) is 26.6. The molecule has 3 aromatic heterocycles. The highest BCUT2D eigenvalue weighted by Crippen LogP contribution is 2.35. The summed E-state index contributed by atoms with van der Waals surface area (Å²) in [6, 6.07) is 32.5. The van der Waals surface area contributed by atoms with Crippen LogP contribution in [0, 0.1) is 0 Å². The van der Waals surface area contributed by atoms with Gasteiger partial charge in [-0.05, 0) is 60.2 Å². The van der Waals surface area contributed by atoms with Crippen LogP contribution in [0.3, 0.4) is 0 Å². The van der Waals surface area contributed by atoms with Gasteiger partial charge in [0, 0.05) is 34.4 Å². The summed E-state index contributed by atoms with van der Waals surface area (Å²) in [5, 5.41) is 11.7. The van der Waals surface area contributed by atoms with Crippen molar-refractivity contribution in [2.24, 2.45) is 0 Å². The number of amides is 1. The zero-order valence-electron chi connectivity index (χ0n) is 20.8. The first-order chi connectivity index (χ1) is 19.1. The molecule has 3 aromatic carbocycles. The molecule has 0 aliphatic carbocycles. The van der Waals surface area contributed by atoms with Crippen LogP contribution in [0.4, 0.5) is 17.3 Å². The summed E-state index contributed by atoms with van der Waals surface area (Å²) in [5.41, 5.74) is 6.54. The Morgan fingerprint density at radius 3 is 2.54 bits per heavy atom. The molecule has 0 aliphatic heterocycles. The first kappa shape index (κ1) is 24.3. The Bertz CT molecular complexity index is 1780. The lowest BCUT2D eigenvalue weighted by Gasteiger charge is -2.09. The Balaban J connectivity index is 1.34. The molecule has 0 bridgehead atoms. The fourth-order valence-electron chi connectivity index (χ4n) is 4.44. The number of rotatable bonds is 7. The van der Waals surface area contributed by atoms with Crippen LogP contribution >= 0.6 is 11.6 Å². The van der Waals surface area contributed by atoms with Crippen molar-refractivity contribution in [3.8, 4) is 22.5 Å². The van der Waals surface area contributed by atoms with Crippen molar-refractivity contribution < 1.29 is 4.79 Å². The topological polar surface area (TPSA) is 84.2 Å². The number of nitrogens with one attached hydrogen (secondary N) is 2. The summed E-state index contributed by atoms with van der Waals surface area (Å²) in [5.74, 6) is 0.360. The van der Waals surface area contributed by atoms with Gasteiger partial charge in [0.2, 0.25) is 11.9 Å². The second kappa shape index (κ2) is 10.8. The Hall–Kier alpha value is -5.01. The number of halogens is 1. The molecule has 190 valence electrons. The average Bonchev–Trinajstić information content (AvgIpc) is 3.34. The Kier molecular flexibility index (Phi) is 6.72. The molecule has 2 N–H and O–H groups in total. The zero-order valence-corrected chi connectivity index (χ0v) is 21.5. The molecule has 3 heterocycles. The van der Waals surface area contributed by atoms with E-state index in [1.165, 1.54) is 0 Å². The number of para-hydroxylation sites is 1. The summed E-state index contributed by atoms with van der Waals surface area (Å²) >= 11 is 6.07. The highest BCUT2D eigenvalue weighted by molar-refractivity contribution is 6.30. The molecule has 0 aliphatic rings. The number of nitrogens with zero attached hydrogens (tertiary/aromatic N) is 4. The summed E-state index contributed by atoms with van der Waals surface area (Å²) in [6.07, 6.45) is 3.86. The largest absolute Gasteiger partial charge is 0.326 e. The molecule has 0 saturated heterocycles. The standard InChI is InChI=1S/C31H23ClN6O/c32-23-10-6-8-21(18-23)19-28(39)34-25-13-7-9-22(20-25)30-29(27-14-4-5-17-38(27)37-30)26-15-16-33-31(36-26)35-24-11-2-1-3-12-24/h1-18,20H,19H2,(H,34,39)(H,33,35,36). The minimum absolute atomic E-state index is 0.128. The number of pyridine rings is 1. The molecule has 6 aromatic rings. The molecule has 0 atom stereocenters. The molecule has 7 nitrogen and oxygen atoms in total. The summed E-state index contributed by atoms with van der Waals surface area (Å²) in [7, 11) is 0. The third-order valence-corrected chi connectivity index (χ3v) is 6.39. The Labute approximate surface area is 230 Å². The van der Waals surface area contributed by atoms with Crippen LogP contribution < -0.4 is 10.6 Å². The van der Waals surface area contributed by atoms with Gasteiger partial charge in [0.05, 0.1) is 23.2 Å². The van der Waals surface area contributed by atoms with Crippen LogP contribution in [0.2, 0.25) is 5.02 Å². The second-order valence-corrected chi connectivity index (χ2v) is 9.38. The predicted octanol–water partition coefficient (Wildman–Crippen LogP) is 7.04. The number of carbonyl (C=O) groups is 1. The van der Waals surface area contributed by atoms with E-state index in [4.69, 9.17) is 21.7 Å². The van der Waals surface area contributed by atoms with Gasteiger partial charge < -0.3 is 10.6 Å². The first-order valence-corrected chi connectivity index (χ1v) is 12.8. The summed E-state index contributed by atoms with van der Waals surface area (Å²) in [4.78, 5) is 22.0. The molecule has 1 amide bonds. The molecule has 0 saturated carbocycles. The van der Waals surface area contributed by atoms with Gasteiger partial charge in [-0.1, -0.05) is 60.1 Å². The maximum atomic E-state index is 12.8. The van der Waals surface area contributed by atoms with Crippen molar-refractivity contribution in [1.29, 1.82) is 0 Å². The van der Waals surface area contributed by atoms with Crippen molar-refractivity contribution in [3.63, 3.8) is 0 Å². The Morgan fingerprint density at radius 2 is 1.67 bits per heavy atom. The van der Waals surface area contributed by atoms with E-state index in [1.807, 2.05) is 102 Å². The third-order valence-electron chi connectivity index (χ3n) is 6.16. The number of aromatic nitrogens is 4. The van der Waals surface area contributed by atoms with E-state index in [-0.39, 0.29) is 12.3 Å². The van der Waals surface area contributed by atoms with Gasteiger partial charge in [-0.3, -0.25) is 4.79 Å². The van der Waals surface area contributed by atoms with E-state index in [1.54, 1.807) is 18.3 Å². The molecular formula is C31H23ClN6O. The van der Waals surface area contributed by atoms with E-state index in [0.717, 1.165) is 39.3 Å².